The topological polar surface area (TPSA) is 87.2 Å². The van der Waals surface area contributed by atoms with Gasteiger partial charge in [-0.2, -0.15) is 0 Å². The van der Waals surface area contributed by atoms with Crippen LogP contribution in [0.5, 0.6) is 5.75 Å². The SMILES string of the molecule is O=C(O)[C@H]1CN(C(=O)c2cccc(CN3CCCC3=O)c2)c2ccccc2O1. The number of para-hydroxylation sites is 2. The van der Waals surface area contributed by atoms with Crippen LogP contribution in [0.15, 0.2) is 48.5 Å². The average Bonchev–Trinajstić information content (AvgIpc) is 3.11. The second kappa shape index (κ2) is 7.34. The molecule has 2 aliphatic rings. The van der Waals surface area contributed by atoms with Crippen molar-refractivity contribution in [3.63, 3.8) is 0 Å². The molecule has 2 heterocycles. The third-order valence-electron chi connectivity index (χ3n) is 5.01. The summed E-state index contributed by atoms with van der Waals surface area (Å²) in [7, 11) is 0. The minimum atomic E-state index is -1.12. The highest BCUT2D eigenvalue weighted by atomic mass is 16.5. The predicted molar refractivity (Wildman–Crippen MR) is 101 cm³/mol. The largest absolute Gasteiger partial charge is 0.478 e. The number of rotatable bonds is 4. The summed E-state index contributed by atoms with van der Waals surface area (Å²) >= 11 is 0. The van der Waals surface area contributed by atoms with Gasteiger partial charge < -0.3 is 19.6 Å². The molecule has 2 aromatic carbocycles. The van der Waals surface area contributed by atoms with Gasteiger partial charge in [-0.15, -0.1) is 0 Å². The number of anilines is 1. The first-order chi connectivity index (χ1) is 13.5. The Labute approximate surface area is 162 Å². The van der Waals surface area contributed by atoms with Gasteiger partial charge in [0, 0.05) is 25.1 Å². The molecule has 1 atom stereocenters. The lowest BCUT2D eigenvalue weighted by Gasteiger charge is -2.33. The quantitative estimate of drug-likeness (QED) is 0.880. The van der Waals surface area contributed by atoms with Crippen molar-refractivity contribution in [3.05, 3.63) is 59.7 Å². The highest BCUT2D eigenvalue weighted by Crippen LogP contribution is 2.34. The molecule has 0 spiro atoms. The minimum Gasteiger partial charge on any atom is -0.478 e. The number of hydrogen-bond donors (Lipinski definition) is 1. The van der Waals surface area contributed by atoms with Gasteiger partial charge in [0.05, 0.1) is 12.2 Å². The van der Waals surface area contributed by atoms with Crippen LogP contribution in [0.3, 0.4) is 0 Å². The first kappa shape index (κ1) is 18.0. The van der Waals surface area contributed by atoms with Crippen LogP contribution >= 0.6 is 0 Å². The Morgan fingerprint density at radius 3 is 2.71 bits per heavy atom. The van der Waals surface area contributed by atoms with E-state index in [1.165, 1.54) is 4.90 Å². The van der Waals surface area contributed by atoms with Crippen LogP contribution in [0.25, 0.3) is 0 Å². The molecular formula is C21H20N2O5. The van der Waals surface area contributed by atoms with E-state index in [2.05, 4.69) is 0 Å². The van der Waals surface area contributed by atoms with Crippen molar-refractivity contribution in [2.75, 3.05) is 18.0 Å². The number of amides is 2. The monoisotopic (exact) mass is 380 g/mol. The van der Waals surface area contributed by atoms with Crippen LogP contribution in [0.2, 0.25) is 0 Å². The standard InChI is InChI=1S/C21H20N2O5/c24-19-9-4-10-22(19)12-14-5-3-6-15(11-14)20(25)23-13-18(21(26)27)28-17-8-2-1-7-16(17)23/h1-3,5-8,11,18H,4,9-10,12-13H2,(H,26,27)/t18-/m1/s1. The number of nitrogens with zero attached hydrogens (tertiary/aromatic N) is 2. The number of fused-ring (bicyclic) bond motifs is 1. The van der Waals surface area contributed by atoms with E-state index >= 15 is 0 Å². The lowest BCUT2D eigenvalue weighted by molar-refractivity contribution is -0.144. The Morgan fingerprint density at radius 1 is 1.14 bits per heavy atom. The molecule has 0 bridgehead atoms. The number of carboxylic acid groups (broad SMARTS) is 1. The maximum absolute atomic E-state index is 13.2. The van der Waals surface area contributed by atoms with Gasteiger partial charge in [-0.1, -0.05) is 24.3 Å². The molecular weight excluding hydrogens is 360 g/mol. The molecule has 1 saturated heterocycles. The smallest absolute Gasteiger partial charge is 0.346 e. The molecule has 0 saturated carbocycles. The molecule has 2 aliphatic heterocycles. The highest BCUT2D eigenvalue weighted by molar-refractivity contribution is 6.07. The molecule has 0 aliphatic carbocycles. The first-order valence-electron chi connectivity index (χ1n) is 9.20. The fourth-order valence-corrected chi connectivity index (χ4v) is 3.61. The number of carbonyl (C=O) groups is 3. The molecule has 1 N–H and O–H groups in total. The summed E-state index contributed by atoms with van der Waals surface area (Å²) in [5.74, 6) is -0.915. The van der Waals surface area contributed by atoms with Crippen LogP contribution < -0.4 is 9.64 Å². The molecule has 2 amide bonds. The number of benzene rings is 2. The molecule has 1 fully saturated rings. The normalized spacial score (nSPS) is 18.6. The van der Waals surface area contributed by atoms with Crippen LogP contribution in [0, 0.1) is 0 Å². The van der Waals surface area contributed by atoms with Gasteiger partial charge in [0.25, 0.3) is 5.91 Å². The Morgan fingerprint density at radius 2 is 1.96 bits per heavy atom. The van der Waals surface area contributed by atoms with Gasteiger partial charge in [0.2, 0.25) is 12.0 Å². The zero-order chi connectivity index (χ0) is 19.7. The minimum absolute atomic E-state index is 0.0694. The molecule has 4 rings (SSSR count). The van der Waals surface area contributed by atoms with Crippen molar-refractivity contribution in [3.8, 4) is 5.75 Å². The van der Waals surface area contributed by atoms with Crippen molar-refractivity contribution >= 4 is 23.5 Å². The first-order valence-corrected chi connectivity index (χ1v) is 9.20. The number of hydrogen-bond acceptors (Lipinski definition) is 4. The lowest BCUT2D eigenvalue weighted by Crippen LogP contribution is -2.47. The molecule has 7 nitrogen and oxygen atoms in total. The van der Waals surface area contributed by atoms with E-state index in [4.69, 9.17) is 4.74 Å². The van der Waals surface area contributed by atoms with E-state index in [9.17, 15) is 19.5 Å². The summed E-state index contributed by atoms with van der Waals surface area (Å²) in [4.78, 5) is 39.7. The van der Waals surface area contributed by atoms with Gasteiger partial charge in [-0.05, 0) is 36.2 Å². The molecule has 144 valence electrons. The Hall–Kier alpha value is -3.35. The molecule has 0 radical (unpaired) electrons. The van der Waals surface area contributed by atoms with Crippen LogP contribution in [-0.4, -0.2) is 47.0 Å². The Balaban J connectivity index is 1.61. The van der Waals surface area contributed by atoms with Gasteiger partial charge in [0.15, 0.2) is 0 Å². The van der Waals surface area contributed by atoms with E-state index in [1.54, 1.807) is 47.4 Å². The van der Waals surface area contributed by atoms with E-state index in [0.717, 1.165) is 18.5 Å². The molecule has 7 heteroatoms. The summed E-state index contributed by atoms with van der Waals surface area (Å²) < 4.78 is 5.50. The van der Waals surface area contributed by atoms with Crippen molar-refractivity contribution in [2.45, 2.75) is 25.5 Å². The van der Waals surface area contributed by atoms with Crippen LogP contribution in [-0.2, 0) is 16.1 Å². The number of ether oxygens (including phenoxy) is 1. The summed E-state index contributed by atoms with van der Waals surface area (Å²) in [5, 5.41) is 9.36. The summed E-state index contributed by atoms with van der Waals surface area (Å²) in [6, 6.07) is 14.0. The van der Waals surface area contributed by atoms with Crippen LogP contribution in [0.4, 0.5) is 5.69 Å². The van der Waals surface area contributed by atoms with E-state index in [0.29, 0.717) is 30.0 Å². The third kappa shape index (κ3) is 3.43. The van der Waals surface area contributed by atoms with E-state index < -0.39 is 12.1 Å². The zero-order valence-corrected chi connectivity index (χ0v) is 15.2. The van der Waals surface area contributed by atoms with Gasteiger partial charge >= 0.3 is 5.97 Å². The number of carboxylic acids is 1. The number of carbonyl (C=O) groups excluding carboxylic acids is 2. The second-order valence-electron chi connectivity index (χ2n) is 6.95. The van der Waals surface area contributed by atoms with E-state index in [1.807, 2.05) is 6.07 Å². The summed E-state index contributed by atoms with van der Waals surface area (Å²) in [5.41, 5.74) is 1.87. The average molecular weight is 380 g/mol. The fraction of sp³-hybridized carbons (Fsp3) is 0.286. The van der Waals surface area contributed by atoms with Gasteiger partial charge in [0.1, 0.15) is 5.75 Å². The molecule has 28 heavy (non-hydrogen) atoms. The van der Waals surface area contributed by atoms with Crippen molar-refractivity contribution in [1.82, 2.24) is 4.90 Å². The molecule has 2 aromatic rings. The summed E-state index contributed by atoms with van der Waals surface area (Å²) in [6.07, 6.45) is 0.308. The van der Waals surface area contributed by atoms with Gasteiger partial charge in [-0.3, -0.25) is 9.59 Å². The lowest BCUT2D eigenvalue weighted by atomic mass is 10.1. The van der Waals surface area contributed by atoms with Gasteiger partial charge in [-0.25, -0.2) is 4.79 Å². The van der Waals surface area contributed by atoms with Crippen molar-refractivity contribution in [1.29, 1.82) is 0 Å². The summed E-state index contributed by atoms with van der Waals surface area (Å²) in [6.45, 7) is 1.13. The predicted octanol–water partition coefficient (Wildman–Crippen LogP) is 2.30. The molecule has 0 aromatic heterocycles. The van der Waals surface area contributed by atoms with Crippen molar-refractivity contribution in [2.24, 2.45) is 0 Å². The second-order valence-corrected chi connectivity index (χ2v) is 6.95. The highest BCUT2D eigenvalue weighted by Gasteiger charge is 2.34. The van der Waals surface area contributed by atoms with Crippen molar-refractivity contribution < 1.29 is 24.2 Å². The molecule has 0 unspecified atom stereocenters. The number of aliphatic carboxylic acids is 1. The number of likely N-dealkylation sites (tertiary alicyclic amines) is 1. The fourth-order valence-electron chi connectivity index (χ4n) is 3.61. The van der Waals surface area contributed by atoms with E-state index in [-0.39, 0.29) is 18.4 Å². The zero-order valence-electron chi connectivity index (χ0n) is 15.2. The third-order valence-corrected chi connectivity index (χ3v) is 5.01. The maximum Gasteiger partial charge on any atom is 0.346 e. The Kier molecular flexibility index (Phi) is 4.73. The maximum atomic E-state index is 13.2. The Bertz CT molecular complexity index is 942. The van der Waals surface area contributed by atoms with Crippen LogP contribution in [0.1, 0.15) is 28.8 Å².